The van der Waals surface area contributed by atoms with Crippen LogP contribution in [0.4, 0.5) is 5.82 Å². The summed E-state index contributed by atoms with van der Waals surface area (Å²) in [7, 11) is 0. The molecule has 1 aliphatic heterocycles. The van der Waals surface area contributed by atoms with Crippen molar-refractivity contribution < 1.29 is 14.3 Å². The Bertz CT molecular complexity index is 714. The van der Waals surface area contributed by atoms with Crippen LogP contribution in [0.5, 0.6) is 0 Å². The van der Waals surface area contributed by atoms with Crippen molar-refractivity contribution >= 4 is 29.0 Å². The lowest BCUT2D eigenvalue weighted by Gasteiger charge is -2.29. The van der Waals surface area contributed by atoms with Crippen molar-refractivity contribution in [3.05, 3.63) is 46.3 Å². The molecule has 0 saturated carbocycles. The molecule has 0 aliphatic carbocycles. The average molecular weight is 360 g/mol. The van der Waals surface area contributed by atoms with Crippen molar-refractivity contribution in [2.75, 3.05) is 37.7 Å². The number of thiophene rings is 1. The van der Waals surface area contributed by atoms with Crippen LogP contribution in [-0.4, -0.2) is 49.6 Å². The highest BCUT2D eigenvalue weighted by Gasteiger charge is 2.16. The Kier molecular flexibility index (Phi) is 5.97. The number of hydrogen-bond donors (Lipinski definition) is 2. The van der Waals surface area contributed by atoms with Crippen LogP contribution in [0.25, 0.3) is 0 Å². The summed E-state index contributed by atoms with van der Waals surface area (Å²) in [4.78, 5) is 30.4. The SMILES string of the molecule is O=C(CNC(=O)c1ccsc1)NCc1cccnc1N1CCOCC1. The predicted molar refractivity (Wildman–Crippen MR) is 95.8 cm³/mol. The predicted octanol–water partition coefficient (Wildman–Crippen LogP) is 1.03. The number of aromatic nitrogens is 1. The fraction of sp³-hybridized carbons (Fsp3) is 0.353. The first kappa shape index (κ1) is 17.4. The maximum atomic E-state index is 12.0. The highest BCUT2D eigenvalue weighted by molar-refractivity contribution is 7.08. The van der Waals surface area contributed by atoms with E-state index in [-0.39, 0.29) is 18.4 Å². The van der Waals surface area contributed by atoms with E-state index < -0.39 is 0 Å². The third kappa shape index (κ3) is 4.77. The number of rotatable bonds is 6. The monoisotopic (exact) mass is 360 g/mol. The van der Waals surface area contributed by atoms with E-state index in [9.17, 15) is 9.59 Å². The normalized spacial score (nSPS) is 14.2. The second-order valence-electron chi connectivity index (χ2n) is 5.56. The summed E-state index contributed by atoms with van der Waals surface area (Å²) < 4.78 is 5.37. The number of amides is 2. The van der Waals surface area contributed by atoms with E-state index in [1.165, 1.54) is 11.3 Å². The number of anilines is 1. The molecule has 132 valence electrons. The lowest BCUT2D eigenvalue weighted by molar-refractivity contribution is -0.120. The van der Waals surface area contributed by atoms with Gasteiger partial charge in [0.05, 0.1) is 19.8 Å². The summed E-state index contributed by atoms with van der Waals surface area (Å²) in [5.41, 5.74) is 1.52. The van der Waals surface area contributed by atoms with Gasteiger partial charge in [0, 0.05) is 42.3 Å². The van der Waals surface area contributed by atoms with E-state index in [2.05, 4.69) is 20.5 Å². The summed E-state index contributed by atoms with van der Waals surface area (Å²) in [6.45, 7) is 3.24. The fourth-order valence-corrected chi connectivity index (χ4v) is 3.18. The number of nitrogens with zero attached hydrogens (tertiary/aromatic N) is 2. The molecule has 2 aromatic heterocycles. The quantitative estimate of drug-likeness (QED) is 0.804. The number of ether oxygens (including phenoxy) is 1. The van der Waals surface area contributed by atoms with E-state index in [4.69, 9.17) is 4.74 Å². The van der Waals surface area contributed by atoms with Gasteiger partial charge in [-0.25, -0.2) is 4.98 Å². The van der Waals surface area contributed by atoms with Gasteiger partial charge in [-0.05, 0) is 17.5 Å². The van der Waals surface area contributed by atoms with E-state index >= 15 is 0 Å². The Labute approximate surface area is 150 Å². The Morgan fingerprint density at radius 1 is 1.24 bits per heavy atom. The first-order valence-electron chi connectivity index (χ1n) is 8.08. The summed E-state index contributed by atoms with van der Waals surface area (Å²) >= 11 is 1.44. The van der Waals surface area contributed by atoms with Crippen LogP contribution >= 0.6 is 11.3 Å². The molecule has 2 N–H and O–H groups in total. The van der Waals surface area contributed by atoms with E-state index in [0.717, 1.165) is 24.5 Å². The van der Waals surface area contributed by atoms with Gasteiger partial charge in [-0.2, -0.15) is 11.3 Å². The number of morpholine rings is 1. The maximum absolute atomic E-state index is 12.0. The number of carbonyl (C=O) groups is 2. The second-order valence-corrected chi connectivity index (χ2v) is 6.34. The molecule has 2 amide bonds. The minimum absolute atomic E-state index is 0.0537. The van der Waals surface area contributed by atoms with E-state index in [1.807, 2.05) is 17.5 Å². The lowest BCUT2D eigenvalue weighted by atomic mass is 10.2. The van der Waals surface area contributed by atoms with Gasteiger partial charge in [-0.15, -0.1) is 0 Å². The third-order valence-electron chi connectivity index (χ3n) is 3.85. The molecule has 1 aliphatic rings. The van der Waals surface area contributed by atoms with Crippen LogP contribution in [0.15, 0.2) is 35.2 Å². The molecule has 0 spiro atoms. The van der Waals surface area contributed by atoms with Gasteiger partial charge in [0.2, 0.25) is 5.91 Å². The van der Waals surface area contributed by atoms with Gasteiger partial charge in [-0.1, -0.05) is 6.07 Å². The van der Waals surface area contributed by atoms with Crippen molar-refractivity contribution in [1.29, 1.82) is 0 Å². The molecule has 3 heterocycles. The van der Waals surface area contributed by atoms with Gasteiger partial charge < -0.3 is 20.3 Å². The number of hydrogen-bond acceptors (Lipinski definition) is 6. The smallest absolute Gasteiger partial charge is 0.252 e. The van der Waals surface area contributed by atoms with Gasteiger partial charge >= 0.3 is 0 Å². The van der Waals surface area contributed by atoms with Crippen molar-refractivity contribution in [2.24, 2.45) is 0 Å². The Balaban J connectivity index is 1.51. The van der Waals surface area contributed by atoms with Crippen LogP contribution in [0.2, 0.25) is 0 Å². The molecular weight excluding hydrogens is 340 g/mol. The molecular formula is C17H20N4O3S. The molecule has 8 heteroatoms. The van der Waals surface area contributed by atoms with Gasteiger partial charge in [0.15, 0.2) is 0 Å². The fourth-order valence-electron chi connectivity index (χ4n) is 2.54. The highest BCUT2D eigenvalue weighted by Crippen LogP contribution is 2.18. The zero-order valence-electron chi connectivity index (χ0n) is 13.7. The summed E-state index contributed by atoms with van der Waals surface area (Å²) in [5.74, 6) is 0.389. The van der Waals surface area contributed by atoms with Crippen LogP contribution in [0.3, 0.4) is 0 Å². The average Bonchev–Trinajstić information content (AvgIpc) is 3.20. The zero-order chi connectivity index (χ0) is 17.5. The van der Waals surface area contributed by atoms with Crippen molar-refractivity contribution in [2.45, 2.75) is 6.54 Å². The van der Waals surface area contributed by atoms with Gasteiger partial charge in [0.25, 0.3) is 5.91 Å². The molecule has 25 heavy (non-hydrogen) atoms. The summed E-state index contributed by atoms with van der Waals surface area (Å²) in [6.07, 6.45) is 1.75. The molecule has 3 rings (SSSR count). The molecule has 1 saturated heterocycles. The Hall–Kier alpha value is -2.45. The van der Waals surface area contributed by atoms with Crippen molar-refractivity contribution in [1.82, 2.24) is 15.6 Å². The number of pyridine rings is 1. The van der Waals surface area contributed by atoms with E-state index in [1.54, 1.807) is 17.6 Å². The van der Waals surface area contributed by atoms with Crippen LogP contribution in [0.1, 0.15) is 15.9 Å². The number of carbonyl (C=O) groups excluding carboxylic acids is 2. The zero-order valence-corrected chi connectivity index (χ0v) is 14.6. The maximum Gasteiger partial charge on any atom is 0.252 e. The topological polar surface area (TPSA) is 83.6 Å². The minimum Gasteiger partial charge on any atom is -0.378 e. The minimum atomic E-state index is -0.244. The Morgan fingerprint density at radius 3 is 2.84 bits per heavy atom. The van der Waals surface area contributed by atoms with Crippen molar-refractivity contribution in [3.63, 3.8) is 0 Å². The molecule has 0 bridgehead atoms. The molecule has 1 fully saturated rings. The molecule has 0 atom stereocenters. The molecule has 0 aromatic carbocycles. The van der Waals surface area contributed by atoms with Crippen LogP contribution in [0, 0.1) is 0 Å². The molecule has 7 nitrogen and oxygen atoms in total. The van der Waals surface area contributed by atoms with Crippen LogP contribution in [-0.2, 0) is 16.1 Å². The highest BCUT2D eigenvalue weighted by atomic mass is 32.1. The second kappa shape index (κ2) is 8.59. The first-order chi connectivity index (χ1) is 12.2. The molecule has 0 radical (unpaired) electrons. The summed E-state index contributed by atoms with van der Waals surface area (Å²) in [5, 5.41) is 9.01. The molecule has 2 aromatic rings. The summed E-state index contributed by atoms with van der Waals surface area (Å²) in [6, 6.07) is 5.52. The number of nitrogens with one attached hydrogen (secondary N) is 2. The standard InChI is InChI=1S/C17H20N4O3S/c22-15(11-20-17(23)14-3-9-25-12-14)19-10-13-2-1-4-18-16(13)21-5-7-24-8-6-21/h1-4,9,12H,5-8,10-11H2,(H,19,22)(H,20,23). The van der Waals surface area contributed by atoms with Crippen molar-refractivity contribution in [3.8, 4) is 0 Å². The van der Waals surface area contributed by atoms with E-state index in [0.29, 0.717) is 25.3 Å². The van der Waals surface area contributed by atoms with Gasteiger partial charge in [0.1, 0.15) is 5.82 Å². The molecule has 0 unspecified atom stereocenters. The lowest BCUT2D eigenvalue weighted by Crippen LogP contribution is -2.39. The Morgan fingerprint density at radius 2 is 2.08 bits per heavy atom. The van der Waals surface area contributed by atoms with Crippen LogP contribution < -0.4 is 15.5 Å². The van der Waals surface area contributed by atoms with Gasteiger partial charge in [-0.3, -0.25) is 9.59 Å². The third-order valence-corrected chi connectivity index (χ3v) is 4.53. The first-order valence-corrected chi connectivity index (χ1v) is 9.02. The largest absolute Gasteiger partial charge is 0.378 e.